The number of anilines is 1. The SMILES string of the molecule is CCNCc1cc(N2CC3CCCC3C2)ccn1. The molecule has 2 aliphatic rings. The summed E-state index contributed by atoms with van der Waals surface area (Å²) in [5.41, 5.74) is 2.53. The summed E-state index contributed by atoms with van der Waals surface area (Å²) in [6.07, 6.45) is 6.29. The van der Waals surface area contributed by atoms with Crippen molar-refractivity contribution in [1.82, 2.24) is 10.3 Å². The molecule has 2 unspecified atom stereocenters. The van der Waals surface area contributed by atoms with E-state index in [0.717, 1.165) is 30.6 Å². The zero-order valence-electron chi connectivity index (χ0n) is 11.2. The first-order valence-electron chi connectivity index (χ1n) is 7.27. The highest BCUT2D eigenvalue weighted by molar-refractivity contribution is 5.48. The molecule has 2 fully saturated rings. The van der Waals surface area contributed by atoms with Gasteiger partial charge in [-0.25, -0.2) is 0 Å². The maximum absolute atomic E-state index is 4.43. The Morgan fingerprint density at radius 2 is 2.11 bits per heavy atom. The number of aromatic nitrogens is 1. The number of fused-ring (bicyclic) bond motifs is 1. The van der Waals surface area contributed by atoms with E-state index in [0.29, 0.717) is 0 Å². The highest BCUT2D eigenvalue weighted by atomic mass is 15.2. The highest BCUT2D eigenvalue weighted by Crippen LogP contribution is 2.39. The van der Waals surface area contributed by atoms with Gasteiger partial charge in [0.25, 0.3) is 0 Å². The number of hydrogen-bond donors (Lipinski definition) is 1. The number of nitrogens with zero attached hydrogens (tertiary/aromatic N) is 2. The van der Waals surface area contributed by atoms with Gasteiger partial charge < -0.3 is 10.2 Å². The number of hydrogen-bond acceptors (Lipinski definition) is 3. The third-order valence-electron chi connectivity index (χ3n) is 4.45. The molecule has 0 bridgehead atoms. The molecule has 1 aliphatic heterocycles. The first kappa shape index (κ1) is 12.0. The first-order valence-corrected chi connectivity index (χ1v) is 7.27. The lowest BCUT2D eigenvalue weighted by Crippen LogP contribution is -2.21. The van der Waals surface area contributed by atoms with Crippen LogP contribution in [-0.4, -0.2) is 24.6 Å². The summed E-state index contributed by atoms with van der Waals surface area (Å²) >= 11 is 0. The molecule has 98 valence electrons. The third-order valence-corrected chi connectivity index (χ3v) is 4.45. The molecule has 1 N–H and O–H groups in total. The van der Waals surface area contributed by atoms with Gasteiger partial charge in [0.15, 0.2) is 0 Å². The Kier molecular flexibility index (Phi) is 3.50. The van der Waals surface area contributed by atoms with Crippen LogP contribution in [0.2, 0.25) is 0 Å². The fraction of sp³-hybridized carbons (Fsp3) is 0.667. The molecule has 1 aromatic heterocycles. The van der Waals surface area contributed by atoms with Crippen molar-refractivity contribution in [3.05, 3.63) is 24.0 Å². The summed E-state index contributed by atoms with van der Waals surface area (Å²) in [5.74, 6) is 1.91. The zero-order valence-corrected chi connectivity index (χ0v) is 11.2. The van der Waals surface area contributed by atoms with Gasteiger partial charge in [-0.2, -0.15) is 0 Å². The molecular weight excluding hydrogens is 222 g/mol. The van der Waals surface area contributed by atoms with Crippen molar-refractivity contribution < 1.29 is 0 Å². The van der Waals surface area contributed by atoms with Crippen molar-refractivity contribution in [3.8, 4) is 0 Å². The van der Waals surface area contributed by atoms with E-state index in [2.05, 4.69) is 34.3 Å². The Morgan fingerprint density at radius 3 is 2.83 bits per heavy atom. The fourth-order valence-electron chi connectivity index (χ4n) is 3.46. The van der Waals surface area contributed by atoms with Crippen LogP contribution in [0.25, 0.3) is 0 Å². The standard InChI is InChI=1S/C15H23N3/c1-2-16-9-14-8-15(6-7-17-14)18-10-12-4-3-5-13(12)11-18/h6-8,12-13,16H,2-5,9-11H2,1H3. The molecule has 0 spiro atoms. The summed E-state index contributed by atoms with van der Waals surface area (Å²) in [7, 11) is 0. The summed E-state index contributed by atoms with van der Waals surface area (Å²) in [5, 5.41) is 3.34. The van der Waals surface area contributed by atoms with E-state index in [4.69, 9.17) is 0 Å². The maximum Gasteiger partial charge on any atom is 0.0562 e. The Labute approximate surface area is 110 Å². The molecule has 0 radical (unpaired) electrons. The van der Waals surface area contributed by atoms with E-state index in [9.17, 15) is 0 Å². The minimum atomic E-state index is 0.880. The smallest absolute Gasteiger partial charge is 0.0562 e. The average Bonchev–Trinajstić information content (AvgIpc) is 2.97. The molecule has 1 aromatic rings. The Hall–Kier alpha value is -1.09. The van der Waals surface area contributed by atoms with E-state index in [1.807, 2.05) is 6.20 Å². The molecule has 2 heterocycles. The van der Waals surface area contributed by atoms with Gasteiger partial charge in [0.1, 0.15) is 0 Å². The van der Waals surface area contributed by atoms with Gasteiger partial charge in [-0.3, -0.25) is 4.98 Å². The second-order valence-electron chi connectivity index (χ2n) is 5.64. The first-order chi connectivity index (χ1) is 8.86. The lowest BCUT2D eigenvalue weighted by atomic mass is 10.0. The highest BCUT2D eigenvalue weighted by Gasteiger charge is 2.36. The summed E-state index contributed by atoms with van der Waals surface area (Å²) in [4.78, 5) is 6.99. The van der Waals surface area contributed by atoms with Crippen LogP contribution in [0.5, 0.6) is 0 Å². The van der Waals surface area contributed by atoms with Crippen LogP contribution < -0.4 is 10.2 Å². The van der Waals surface area contributed by atoms with E-state index >= 15 is 0 Å². The van der Waals surface area contributed by atoms with E-state index in [1.165, 1.54) is 38.0 Å². The lowest BCUT2D eigenvalue weighted by Gasteiger charge is -2.20. The normalized spacial score (nSPS) is 26.6. The van der Waals surface area contributed by atoms with Crippen LogP contribution in [0.4, 0.5) is 5.69 Å². The fourth-order valence-corrected chi connectivity index (χ4v) is 3.46. The van der Waals surface area contributed by atoms with E-state index in [1.54, 1.807) is 0 Å². The summed E-state index contributed by atoms with van der Waals surface area (Å²) in [6.45, 7) is 6.53. The van der Waals surface area contributed by atoms with Gasteiger partial charge in [0, 0.05) is 31.5 Å². The summed E-state index contributed by atoms with van der Waals surface area (Å²) < 4.78 is 0. The molecule has 3 nitrogen and oxygen atoms in total. The van der Waals surface area contributed by atoms with Crippen molar-refractivity contribution >= 4 is 5.69 Å². The molecular formula is C15H23N3. The predicted octanol–water partition coefficient (Wildman–Crippen LogP) is 2.43. The minimum Gasteiger partial charge on any atom is -0.371 e. The molecule has 3 rings (SSSR count). The second-order valence-corrected chi connectivity index (χ2v) is 5.64. The van der Waals surface area contributed by atoms with Crippen LogP contribution in [0.15, 0.2) is 18.3 Å². The van der Waals surface area contributed by atoms with Crippen molar-refractivity contribution in [3.63, 3.8) is 0 Å². The number of nitrogens with one attached hydrogen (secondary N) is 1. The molecule has 1 aliphatic carbocycles. The van der Waals surface area contributed by atoms with E-state index in [-0.39, 0.29) is 0 Å². The third kappa shape index (κ3) is 2.37. The van der Waals surface area contributed by atoms with Gasteiger partial charge >= 0.3 is 0 Å². The van der Waals surface area contributed by atoms with Crippen molar-refractivity contribution in [2.75, 3.05) is 24.5 Å². The largest absolute Gasteiger partial charge is 0.371 e. The Bertz CT molecular complexity index is 392. The van der Waals surface area contributed by atoms with Gasteiger partial charge in [-0.05, 0) is 43.4 Å². The maximum atomic E-state index is 4.43. The lowest BCUT2D eigenvalue weighted by molar-refractivity contribution is 0.494. The molecule has 18 heavy (non-hydrogen) atoms. The van der Waals surface area contributed by atoms with Gasteiger partial charge in [-0.1, -0.05) is 13.3 Å². The van der Waals surface area contributed by atoms with Crippen molar-refractivity contribution in [1.29, 1.82) is 0 Å². The monoisotopic (exact) mass is 245 g/mol. The van der Waals surface area contributed by atoms with Gasteiger partial charge in [0.2, 0.25) is 0 Å². The quantitative estimate of drug-likeness (QED) is 0.883. The molecule has 2 atom stereocenters. The van der Waals surface area contributed by atoms with Crippen LogP contribution in [0, 0.1) is 11.8 Å². The zero-order chi connectivity index (χ0) is 12.4. The molecule has 3 heteroatoms. The molecule has 0 aromatic carbocycles. The minimum absolute atomic E-state index is 0.880. The predicted molar refractivity (Wildman–Crippen MR) is 74.7 cm³/mol. The Morgan fingerprint density at radius 1 is 1.33 bits per heavy atom. The number of rotatable bonds is 4. The molecule has 1 saturated carbocycles. The topological polar surface area (TPSA) is 28.2 Å². The summed E-state index contributed by atoms with van der Waals surface area (Å²) in [6, 6.07) is 4.42. The van der Waals surface area contributed by atoms with Gasteiger partial charge in [-0.15, -0.1) is 0 Å². The molecule has 0 amide bonds. The molecule has 1 saturated heterocycles. The second kappa shape index (κ2) is 5.27. The van der Waals surface area contributed by atoms with Crippen LogP contribution in [-0.2, 0) is 6.54 Å². The number of pyridine rings is 1. The van der Waals surface area contributed by atoms with Crippen LogP contribution in [0.1, 0.15) is 31.9 Å². The Balaban J connectivity index is 1.69. The van der Waals surface area contributed by atoms with Crippen LogP contribution in [0.3, 0.4) is 0 Å². The van der Waals surface area contributed by atoms with Crippen molar-refractivity contribution in [2.24, 2.45) is 11.8 Å². The van der Waals surface area contributed by atoms with Crippen molar-refractivity contribution in [2.45, 2.75) is 32.7 Å². The van der Waals surface area contributed by atoms with E-state index < -0.39 is 0 Å². The van der Waals surface area contributed by atoms with Gasteiger partial charge in [0.05, 0.1) is 5.69 Å². The average molecular weight is 245 g/mol. The van der Waals surface area contributed by atoms with Crippen LogP contribution >= 0.6 is 0 Å².